The number of anilines is 1. The van der Waals surface area contributed by atoms with E-state index in [-0.39, 0.29) is 5.91 Å². The van der Waals surface area contributed by atoms with Crippen LogP contribution in [0.25, 0.3) is 10.4 Å². The van der Waals surface area contributed by atoms with E-state index in [0.717, 1.165) is 36.4 Å². The second-order valence-corrected chi connectivity index (χ2v) is 7.08. The number of piperidine rings is 1. The molecule has 1 aromatic carbocycles. The van der Waals surface area contributed by atoms with E-state index in [4.69, 9.17) is 10.5 Å². The Morgan fingerprint density at radius 2 is 1.92 bits per heavy atom. The monoisotopic (exact) mass is 374 g/mol. The molecular formula is C18H22N4O3S. The van der Waals surface area contributed by atoms with Crippen molar-refractivity contribution in [3.8, 4) is 16.2 Å². The number of nitrogens with one attached hydrogen (secondary N) is 2. The third-order valence-electron chi connectivity index (χ3n) is 4.20. The van der Waals surface area contributed by atoms with Gasteiger partial charge in [-0.2, -0.15) is 0 Å². The number of hydrogen-bond acceptors (Lipinski definition) is 5. The molecule has 1 aliphatic heterocycles. The summed E-state index contributed by atoms with van der Waals surface area (Å²) in [6.07, 6.45) is 3.29. The maximum atomic E-state index is 12.7. The molecule has 3 amide bonds. The molecule has 0 spiro atoms. The number of carbonyl (C=O) groups is 2. The molecule has 8 heteroatoms. The highest BCUT2D eigenvalue weighted by Crippen LogP contribution is 2.39. The van der Waals surface area contributed by atoms with Gasteiger partial charge >= 0.3 is 6.03 Å². The number of hydrazine groups is 1. The number of hydrogen-bond donors (Lipinski definition) is 3. The first-order chi connectivity index (χ1) is 12.6. The van der Waals surface area contributed by atoms with E-state index in [1.807, 2.05) is 29.3 Å². The summed E-state index contributed by atoms with van der Waals surface area (Å²) < 4.78 is 5.40. The Hall–Kier alpha value is -2.58. The van der Waals surface area contributed by atoms with Crippen LogP contribution in [-0.2, 0) is 0 Å². The lowest BCUT2D eigenvalue weighted by Gasteiger charge is -2.26. The number of urea groups is 1. The molecule has 26 heavy (non-hydrogen) atoms. The van der Waals surface area contributed by atoms with Crippen molar-refractivity contribution in [2.75, 3.05) is 25.5 Å². The van der Waals surface area contributed by atoms with Crippen LogP contribution in [0.3, 0.4) is 0 Å². The minimum absolute atomic E-state index is 0.256. The standard InChI is InChI=1S/C18H22N4O3S/c1-25-14-8-4-3-7-12(14)15-11-13(17(26-15)20-18(19)24)16(23)21-22-9-5-2-6-10-22/h3-4,7-8,11H,2,5-6,9-10H2,1H3,(H,21,23)(H3,19,20,24). The fourth-order valence-electron chi connectivity index (χ4n) is 2.95. The van der Waals surface area contributed by atoms with Crippen molar-refractivity contribution in [1.82, 2.24) is 10.4 Å². The predicted molar refractivity (Wildman–Crippen MR) is 102 cm³/mol. The van der Waals surface area contributed by atoms with Gasteiger partial charge < -0.3 is 10.5 Å². The molecule has 0 bridgehead atoms. The quantitative estimate of drug-likeness (QED) is 0.749. The Balaban J connectivity index is 1.91. The number of amides is 3. The molecule has 1 aliphatic rings. The largest absolute Gasteiger partial charge is 0.496 e. The predicted octanol–water partition coefficient (Wildman–Crippen LogP) is 3.04. The Morgan fingerprint density at radius 3 is 2.62 bits per heavy atom. The number of para-hydroxylation sites is 1. The molecule has 3 rings (SSSR count). The van der Waals surface area contributed by atoms with Crippen LogP contribution in [0.4, 0.5) is 9.80 Å². The van der Waals surface area contributed by atoms with Gasteiger partial charge in [-0.05, 0) is 31.0 Å². The van der Waals surface area contributed by atoms with Crippen LogP contribution >= 0.6 is 11.3 Å². The lowest BCUT2D eigenvalue weighted by molar-refractivity contribution is 0.0751. The van der Waals surface area contributed by atoms with Crippen LogP contribution in [0.5, 0.6) is 5.75 Å². The second-order valence-electron chi connectivity index (χ2n) is 6.03. The molecule has 0 saturated carbocycles. The van der Waals surface area contributed by atoms with E-state index in [0.29, 0.717) is 16.3 Å². The molecule has 0 aliphatic carbocycles. The summed E-state index contributed by atoms with van der Waals surface area (Å²) in [4.78, 5) is 24.9. The Morgan fingerprint density at radius 1 is 1.19 bits per heavy atom. The van der Waals surface area contributed by atoms with Gasteiger partial charge in [-0.1, -0.05) is 18.6 Å². The highest BCUT2D eigenvalue weighted by molar-refractivity contribution is 7.20. The number of nitrogens with two attached hydrogens (primary N) is 1. The lowest BCUT2D eigenvalue weighted by Crippen LogP contribution is -2.45. The third-order valence-corrected chi connectivity index (χ3v) is 5.29. The summed E-state index contributed by atoms with van der Waals surface area (Å²) >= 11 is 1.29. The summed E-state index contributed by atoms with van der Waals surface area (Å²) in [5, 5.41) is 4.90. The smallest absolute Gasteiger partial charge is 0.317 e. The number of nitrogens with zero attached hydrogens (tertiary/aromatic N) is 1. The SMILES string of the molecule is COc1ccccc1-c1cc(C(=O)NN2CCCCC2)c(NC(N)=O)s1. The maximum Gasteiger partial charge on any atom is 0.317 e. The Labute approximate surface area is 156 Å². The van der Waals surface area contributed by atoms with E-state index < -0.39 is 6.03 Å². The van der Waals surface area contributed by atoms with E-state index >= 15 is 0 Å². The van der Waals surface area contributed by atoms with Crippen molar-refractivity contribution in [3.63, 3.8) is 0 Å². The fraction of sp³-hybridized carbons (Fsp3) is 0.333. The van der Waals surface area contributed by atoms with E-state index in [2.05, 4.69) is 10.7 Å². The van der Waals surface area contributed by atoms with Gasteiger partial charge in [-0.15, -0.1) is 11.3 Å². The van der Waals surface area contributed by atoms with E-state index in [1.54, 1.807) is 13.2 Å². The molecule has 4 N–H and O–H groups in total. The van der Waals surface area contributed by atoms with Gasteiger partial charge in [0.25, 0.3) is 5.91 Å². The molecule has 0 atom stereocenters. The first-order valence-corrected chi connectivity index (χ1v) is 9.29. The zero-order valence-corrected chi connectivity index (χ0v) is 15.4. The minimum atomic E-state index is -0.703. The van der Waals surface area contributed by atoms with E-state index in [9.17, 15) is 9.59 Å². The number of benzene rings is 1. The van der Waals surface area contributed by atoms with Crippen molar-refractivity contribution in [3.05, 3.63) is 35.9 Å². The van der Waals surface area contributed by atoms with Gasteiger partial charge in [-0.25, -0.2) is 9.80 Å². The van der Waals surface area contributed by atoms with Crippen LogP contribution in [-0.4, -0.2) is 37.1 Å². The number of primary amides is 1. The van der Waals surface area contributed by atoms with Gasteiger partial charge in [0.05, 0.1) is 12.7 Å². The van der Waals surface area contributed by atoms with Crippen LogP contribution in [0, 0.1) is 0 Å². The Bertz CT molecular complexity index is 799. The molecule has 1 fully saturated rings. The molecular weight excluding hydrogens is 352 g/mol. The van der Waals surface area contributed by atoms with Crippen LogP contribution in [0.2, 0.25) is 0 Å². The first kappa shape index (κ1) is 18.2. The fourth-order valence-corrected chi connectivity index (χ4v) is 4.04. The highest BCUT2D eigenvalue weighted by Gasteiger charge is 2.21. The number of ether oxygens (including phenoxy) is 1. The zero-order chi connectivity index (χ0) is 18.5. The molecule has 138 valence electrons. The van der Waals surface area contributed by atoms with Crippen molar-refractivity contribution >= 4 is 28.3 Å². The van der Waals surface area contributed by atoms with Crippen LogP contribution in [0.1, 0.15) is 29.6 Å². The number of carbonyl (C=O) groups excluding carboxylic acids is 2. The van der Waals surface area contributed by atoms with Crippen LogP contribution in [0.15, 0.2) is 30.3 Å². The van der Waals surface area contributed by atoms with Crippen molar-refractivity contribution < 1.29 is 14.3 Å². The first-order valence-electron chi connectivity index (χ1n) is 8.48. The second kappa shape index (κ2) is 8.20. The topological polar surface area (TPSA) is 96.7 Å². The van der Waals surface area contributed by atoms with Crippen molar-refractivity contribution in [1.29, 1.82) is 0 Å². The summed E-state index contributed by atoms with van der Waals surface area (Å²) in [6.45, 7) is 1.65. The van der Waals surface area contributed by atoms with Gasteiger partial charge in [-0.3, -0.25) is 15.5 Å². The van der Waals surface area contributed by atoms with Crippen molar-refractivity contribution in [2.45, 2.75) is 19.3 Å². The van der Waals surface area contributed by atoms with Crippen molar-refractivity contribution in [2.24, 2.45) is 5.73 Å². The van der Waals surface area contributed by atoms with E-state index in [1.165, 1.54) is 17.8 Å². The van der Waals surface area contributed by atoms with Gasteiger partial charge in [0, 0.05) is 23.5 Å². The number of methoxy groups -OCH3 is 1. The normalized spacial score (nSPS) is 14.7. The molecule has 0 radical (unpaired) electrons. The highest BCUT2D eigenvalue weighted by atomic mass is 32.1. The average molecular weight is 374 g/mol. The van der Waals surface area contributed by atoms with Gasteiger partial charge in [0.2, 0.25) is 0 Å². The molecule has 1 saturated heterocycles. The van der Waals surface area contributed by atoms with Gasteiger partial charge in [0.1, 0.15) is 10.8 Å². The minimum Gasteiger partial charge on any atom is -0.496 e. The summed E-state index contributed by atoms with van der Waals surface area (Å²) in [6, 6.07) is 8.58. The number of thiophene rings is 1. The maximum absolute atomic E-state index is 12.7. The molecule has 2 aromatic rings. The molecule has 1 aromatic heterocycles. The summed E-state index contributed by atoms with van der Waals surface area (Å²) in [7, 11) is 1.60. The average Bonchev–Trinajstić information content (AvgIpc) is 3.05. The van der Waals surface area contributed by atoms with Gasteiger partial charge in [0.15, 0.2) is 0 Å². The Kier molecular flexibility index (Phi) is 5.75. The summed E-state index contributed by atoms with van der Waals surface area (Å²) in [5.74, 6) is 0.440. The third kappa shape index (κ3) is 4.14. The molecule has 0 unspecified atom stereocenters. The molecule has 7 nitrogen and oxygen atoms in total. The summed E-state index contributed by atoms with van der Waals surface area (Å²) in [5.41, 5.74) is 9.43. The lowest BCUT2D eigenvalue weighted by atomic mass is 10.1. The van der Waals surface area contributed by atoms with Crippen LogP contribution < -0.4 is 21.2 Å². The number of rotatable bonds is 5. The molecule has 2 heterocycles. The zero-order valence-electron chi connectivity index (χ0n) is 14.6.